The number of hydrogen-bond acceptors (Lipinski definition) is 3. The van der Waals surface area contributed by atoms with Gasteiger partial charge in [-0.15, -0.1) is 0 Å². The van der Waals surface area contributed by atoms with Gasteiger partial charge in [0.1, 0.15) is 0 Å². The van der Waals surface area contributed by atoms with E-state index in [1.807, 2.05) is 6.07 Å². The molecule has 17 heavy (non-hydrogen) atoms. The van der Waals surface area contributed by atoms with E-state index in [0.29, 0.717) is 5.56 Å². The van der Waals surface area contributed by atoms with Crippen molar-refractivity contribution in [1.29, 1.82) is 0 Å². The lowest BCUT2D eigenvalue weighted by Gasteiger charge is -1.89. The molecule has 1 amide bonds. The average molecular weight is 229 g/mol. The zero-order chi connectivity index (χ0) is 12.7. The molecule has 1 aromatic rings. The molecule has 4 heteroatoms. The lowest BCUT2D eigenvalue weighted by Crippen LogP contribution is -2.09. The summed E-state index contributed by atoms with van der Waals surface area (Å²) in [4.78, 5) is 31.0. The van der Waals surface area contributed by atoms with E-state index in [1.165, 1.54) is 24.3 Å². The number of amides is 1. The van der Waals surface area contributed by atoms with Crippen molar-refractivity contribution in [3.8, 4) is 0 Å². The zero-order valence-electron chi connectivity index (χ0n) is 9.00. The van der Waals surface area contributed by atoms with Crippen LogP contribution in [0.3, 0.4) is 0 Å². The van der Waals surface area contributed by atoms with Crippen LogP contribution >= 0.6 is 0 Å². The molecule has 1 aliphatic carbocycles. The van der Waals surface area contributed by atoms with Crippen LogP contribution in [0.1, 0.15) is 10.4 Å². The Morgan fingerprint density at radius 3 is 1.53 bits per heavy atom. The van der Waals surface area contributed by atoms with Gasteiger partial charge in [-0.25, -0.2) is 0 Å². The van der Waals surface area contributed by atoms with Gasteiger partial charge in [-0.3, -0.25) is 14.4 Å². The topological polar surface area (TPSA) is 77.2 Å². The van der Waals surface area contributed by atoms with Gasteiger partial charge >= 0.3 is 0 Å². The van der Waals surface area contributed by atoms with Crippen LogP contribution in [0.25, 0.3) is 0 Å². The molecule has 0 aromatic heterocycles. The molecule has 0 bridgehead atoms. The summed E-state index contributed by atoms with van der Waals surface area (Å²) in [6, 6.07) is 8.76. The van der Waals surface area contributed by atoms with Gasteiger partial charge in [0.05, 0.1) is 0 Å². The molecule has 2 rings (SSSR count). The minimum absolute atomic E-state index is 0.121. The highest BCUT2D eigenvalue weighted by Crippen LogP contribution is 1.94. The Balaban J connectivity index is 0.000000171. The van der Waals surface area contributed by atoms with Crippen LogP contribution in [0.5, 0.6) is 0 Å². The van der Waals surface area contributed by atoms with E-state index in [4.69, 9.17) is 5.73 Å². The minimum atomic E-state index is -0.379. The van der Waals surface area contributed by atoms with Gasteiger partial charge < -0.3 is 5.73 Å². The summed E-state index contributed by atoms with van der Waals surface area (Å²) in [5.74, 6) is -0.621. The van der Waals surface area contributed by atoms with E-state index < -0.39 is 0 Å². The maximum atomic E-state index is 10.4. The molecule has 1 aromatic carbocycles. The van der Waals surface area contributed by atoms with Crippen LogP contribution in [-0.2, 0) is 9.59 Å². The third-order valence-electron chi connectivity index (χ3n) is 1.88. The van der Waals surface area contributed by atoms with E-state index in [9.17, 15) is 14.4 Å². The third kappa shape index (κ3) is 4.70. The van der Waals surface area contributed by atoms with Crippen LogP contribution in [-0.4, -0.2) is 17.5 Å². The molecule has 0 radical (unpaired) electrons. The van der Waals surface area contributed by atoms with Crippen molar-refractivity contribution < 1.29 is 14.4 Å². The highest BCUT2D eigenvalue weighted by Gasteiger charge is 1.98. The monoisotopic (exact) mass is 229 g/mol. The van der Waals surface area contributed by atoms with Crippen molar-refractivity contribution >= 4 is 17.5 Å². The molecule has 0 atom stereocenters. The highest BCUT2D eigenvalue weighted by atomic mass is 16.1. The molecule has 0 fully saturated rings. The Morgan fingerprint density at radius 1 is 0.824 bits per heavy atom. The fourth-order valence-corrected chi connectivity index (χ4v) is 1.04. The van der Waals surface area contributed by atoms with E-state index in [1.54, 1.807) is 24.3 Å². The van der Waals surface area contributed by atoms with Gasteiger partial charge in [0, 0.05) is 5.56 Å². The predicted molar refractivity (Wildman–Crippen MR) is 63.3 cm³/mol. The molecule has 0 saturated heterocycles. The summed E-state index contributed by atoms with van der Waals surface area (Å²) in [5, 5.41) is 0. The van der Waals surface area contributed by atoms with Gasteiger partial charge in [0.15, 0.2) is 11.6 Å². The van der Waals surface area contributed by atoms with E-state index in [0.717, 1.165) is 0 Å². The largest absolute Gasteiger partial charge is 0.366 e. The second-order valence-electron chi connectivity index (χ2n) is 3.20. The summed E-state index contributed by atoms with van der Waals surface area (Å²) >= 11 is 0. The number of rotatable bonds is 1. The van der Waals surface area contributed by atoms with Crippen LogP contribution in [0.15, 0.2) is 54.6 Å². The number of primary amides is 1. The zero-order valence-corrected chi connectivity index (χ0v) is 9.00. The van der Waals surface area contributed by atoms with Crippen LogP contribution in [0.4, 0.5) is 0 Å². The van der Waals surface area contributed by atoms with Gasteiger partial charge in [-0.2, -0.15) is 0 Å². The van der Waals surface area contributed by atoms with E-state index in [2.05, 4.69) is 0 Å². The molecule has 86 valence electrons. The first-order valence-corrected chi connectivity index (χ1v) is 4.88. The molecule has 0 unspecified atom stereocenters. The standard InChI is InChI=1S/C7H7NO.C6H4O2/c8-7(9)6-4-2-1-3-5-6;7-5-1-2-6(8)4-3-5/h1-5H,(H2,8,9);1-4H. The lowest BCUT2D eigenvalue weighted by atomic mass is 10.2. The number of nitrogens with two attached hydrogens (primary N) is 1. The summed E-state index contributed by atoms with van der Waals surface area (Å²) in [7, 11) is 0. The van der Waals surface area contributed by atoms with Crippen molar-refractivity contribution in [2.24, 2.45) is 5.73 Å². The molecule has 0 heterocycles. The molecule has 2 N–H and O–H groups in total. The number of hydrogen-bond donors (Lipinski definition) is 1. The fraction of sp³-hybridized carbons (Fsp3) is 0. The quantitative estimate of drug-likeness (QED) is 0.731. The van der Waals surface area contributed by atoms with Crippen LogP contribution < -0.4 is 5.73 Å². The molecular weight excluding hydrogens is 218 g/mol. The number of carbonyl (C=O) groups is 3. The molecule has 1 aliphatic rings. The molecular formula is C13H11NO3. The van der Waals surface area contributed by atoms with E-state index >= 15 is 0 Å². The third-order valence-corrected chi connectivity index (χ3v) is 1.88. The smallest absolute Gasteiger partial charge is 0.248 e. The van der Waals surface area contributed by atoms with Gasteiger partial charge in [-0.1, -0.05) is 18.2 Å². The van der Waals surface area contributed by atoms with Gasteiger partial charge in [0.25, 0.3) is 0 Å². The Morgan fingerprint density at radius 2 is 1.24 bits per heavy atom. The predicted octanol–water partition coefficient (Wildman–Crippen LogP) is 1.04. The summed E-state index contributed by atoms with van der Waals surface area (Å²) in [6.45, 7) is 0. The number of benzene rings is 1. The Labute approximate surface area is 98.4 Å². The van der Waals surface area contributed by atoms with Crippen molar-refractivity contribution in [2.75, 3.05) is 0 Å². The Kier molecular flexibility index (Phi) is 4.57. The lowest BCUT2D eigenvalue weighted by molar-refractivity contribution is -0.113. The van der Waals surface area contributed by atoms with Crippen LogP contribution in [0, 0.1) is 0 Å². The van der Waals surface area contributed by atoms with Crippen molar-refractivity contribution in [1.82, 2.24) is 0 Å². The highest BCUT2D eigenvalue weighted by molar-refractivity contribution is 6.14. The summed E-state index contributed by atoms with van der Waals surface area (Å²) < 4.78 is 0. The molecule has 0 aliphatic heterocycles. The summed E-state index contributed by atoms with van der Waals surface area (Å²) in [6.07, 6.45) is 5.01. The second-order valence-corrected chi connectivity index (χ2v) is 3.20. The van der Waals surface area contributed by atoms with E-state index in [-0.39, 0.29) is 17.5 Å². The SMILES string of the molecule is NC(=O)c1ccccc1.O=C1C=CC(=O)C=C1. The first-order valence-electron chi connectivity index (χ1n) is 4.88. The van der Waals surface area contributed by atoms with Crippen LogP contribution in [0.2, 0.25) is 0 Å². The maximum Gasteiger partial charge on any atom is 0.248 e. The summed E-state index contributed by atoms with van der Waals surface area (Å²) in [5.41, 5.74) is 5.53. The molecule has 0 spiro atoms. The van der Waals surface area contributed by atoms with Crippen molar-refractivity contribution in [2.45, 2.75) is 0 Å². The fourth-order valence-electron chi connectivity index (χ4n) is 1.04. The van der Waals surface area contributed by atoms with Crippen molar-refractivity contribution in [3.63, 3.8) is 0 Å². The van der Waals surface area contributed by atoms with Gasteiger partial charge in [0.2, 0.25) is 5.91 Å². The first kappa shape index (κ1) is 12.6. The Hall–Kier alpha value is -2.49. The number of ketones is 2. The molecule has 4 nitrogen and oxygen atoms in total. The number of allylic oxidation sites excluding steroid dienone is 4. The minimum Gasteiger partial charge on any atom is -0.366 e. The average Bonchev–Trinajstić information content (AvgIpc) is 2.35. The molecule has 0 saturated carbocycles. The number of carbonyl (C=O) groups excluding carboxylic acids is 3. The Bertz CT molecular complexity index is 449. The van der Waals surface area contributed by atoms with Gasteiger partial charge in [-0.05, 0) is 36.4 Å². The van der Waals surface area contributed by atoms with Crippen molar-refractivity contribution in [3.05, 3.63) is 60.2 Å². The first-order chi connectivity index (χ1) is 8.09. The normalized spacial score (nSPS) is 12.9. The second kappa shape index (κ2) is 6.17. The maximum absolute atomic E-state index is 10.4.